The van der Waals surface area contributed by atoms with Crippen LogP contribution in [0.3, 0.4) is 0 Å². The number of hydrogen-bond acceptors (Lipinski definition) is 5. The third-order valence-electron chi connectivity index (χ3n) is 4.49. The number of amidine groups is 1. The molecule has 1 aromatic carbocycles. The number of aromatic nitrogens is 3. The number of nitrogens with zero attached hydrogens (tertiary/aromatic N) is 4. The molecule has 0 atom stereocenters. The maximum Gasteiger partial charge on any atom is 0.284 e. The first kappa shape index (κ1) is 17.8. The lowest BCUT2D eigenvalue weighted by molar-refractivity contribution is 0.100. The minimum atomic E-state index is -0.476. The van der Waals surface area contributed by atoms with Gasteiger partial charge in [0.15, 0.2) is 17.1 Å². The Morgan fingerprint density at radius 3 is 2.71 bits per heavy atom. The van der Waals surface area contributed by atoms with Crippen LogP contribution in [0.5, 0.6) is 11.5 Å². The van der Waals surface area contributed by atoms with Gasteiger partial charge in [-0.1, -0.05) is 0 Å². The van der Waals surface area contributed by atoms with Crippen LogP contribution in [0, 0.1) is 0 Å². The van der Waals surface area contributed by atoms with Crippen molar-refractivity contribution in [2.24, 2.45) is 4.99 Å². The van der Waals surface area contributed by atoms with Gasteiger partial charge in [0.1, 0.15) is 24.6 Å². The number of aliphatic imine (C=N–C) groups is 1. The van der Waals surface area contributed by atoms with E-state index in [0.717, 1.165) is 10.1 Å². The monoisotopic (exact) mass is 381 g/mol. The third kappa shape index (κ3) is 3.11. The second kappa shape index (κ2) is 6.84. The number of carbonyl (C=O) groups excluding carboxylic acids is 1. The Bertz CT molecular complexity index is 1160. The van der Waals surface area contributed by atoms with E-state index in [2.05, 4.69) is 15.1 Å². The Hall–Kier alpha value is -3.62. The van der Waals surface area contributed by atoms with Crippen molar-refractivity contribution >= 4 is 17.4 Å². The molecule has 1 amide bonds. The Balaban J connectivity index is 1.81. The number of H-pyrrole nitrogens is 1. The first-order chi connectivity index (χ1) is 13.4. The van der Waals surface area contributed by atoms with Crippen molar-refractivity contribution in [2.75, 3.05) is 27.3 Å². The highest BCUT2D eigenvalue weighted by Crippen LogP contribution is 2.33. The largest absolute Gasteiger partial charge is 0.486 e. The van der Waals surface area contributed by atoms with Gasteiger partial charge in [-0.3, -0.25) is 9.59 Å². The summed E-state index contributed by atoms with van der Waals surface area (Å²) in [5, 5.41) is 4.02. The molecule has 9 heteroatoms. The van der Waals surface area contributed by atoms with Crippen LogP contribution in [-0.4, -0.2) is 58.5 Å². The first-order valence-electron chi connectivity index (χ1n) is 8.72. The molecule has 0 saturated carbocycles. The Morgan fingerprint density at radius 2 is 1.96 bits per heavy atom. The fourth-order valence-electron chi connectivity index (χ4n) is 2.81. The van der Waals surface area contributed by atoms with E-state index in [1.54, 1.807) is 38.1 Å². The Kier molecular flexibility index (Phi) is 4.34. The van der Waals surface area contributed by atoms with Crippen LogP contribution in [0.2, 0.25) is 0 Å². The van der Waals surface area contributed by atoms with E-state index in [0.29, 0.717) is 36.2 Å². The first-order valence-corrected chi connectivity index (χ1v) is 8.72. The van der Waals surface area contributed by atoms with E-state index in [-0.39, 0.29) is 16.8 Å². The van der Waals surface area contributed by atoms with E-state index in [1.807, 2.05) is 6.07 Å². The van der Waals surface area contributed by atoms with E-state index in [4.69, 9.17) is 9.47 Å². The van der Waals surface area contributed by atoms with Crippen molar-refractivity contribution < 1.29 is 14.3 Å². The van der Waals surface area contributed by atoms with Crippen molar-refractivity contribution in [3.05, 3.63) is 46.4 Å². The lowest BCUT2D eigenvalue weighted by Crippen LogP contribution is -2.20. The van der Waals surface area contributed by atoms with Gasteiger partial charge in [0.2, 0.25) is 0 Å². The topological polar surface area (TPSA) is 101 Å². The molecule has 1 aliphatic rings. The minimum Gasteiger partial charge on any atom is -0.486 e. The highest BCUT2D eigenvalue weighted by molar-refractivity contribution is 6.06. The van der Waals surface area contributed by atoms with Crippen LogP contribution in [0.25, 0.3) is 16.9 Å². The van der Waals surface area contributed by atoms with Crippen LogP contribution in [0.4, 0.5) is 0 Å². The maximum absolute atomic E-state index is 12.6. The van der Waals surface area contributed by atoms with Gasteiger partial charge in [-0.2, -0.15) is 14.6 Å². The summed E-state index contributed by atoms with van der Waals surface area (Å²) in [5.41, 5.74) is 1.43. The second-order valence-corrected chi connectivity index (χ2v) is 6.56. The summed E-state index contributed by atoms with van der Waals surface area (Å²) in [4.78, 5) is 34.0. The maximum atomic E-state index is 12.6. The molecule has 0 bridgehead atoms. The molecular weight excluding hydrogens is 362 g/mol. The SMILES string of the molecule is C/C(=N/C(=O)c1cnn2c(=O)cc(-c3ccc4c(c3)OCCO4)[nH]c12)N(C)C. The molecule has 9 nitrogen and oxygen atoms in total. The summed E-state index contributed by atoms with van der Waals surface area (Å²) in [7, 11) is 3.59. The molecule has 1 N–H and O–H groups in total. The molecule has 144 valence electrons. The lowest BCUT2D eigenvalue weighted by atomic mass is 10.1. The van der Waals surface area contributed by atoms with Gasteiger partial charge in [0, 0.05) is 25.7 Å². The number of aromatic amines is 1. The fraction of sp³-hybridized carbons (Fsp3) is 0.263. The number of hydrogen-bond donors (Lipinski definition) is 1. The van der Waals surface area contributed by atoms with Crippen molar-refractivity contribution in [3.8, 4) is 22.8 Å². The molecule has 2 aromatic heterocycles. The number of carbonyl (C=O) groups is 1. The molecule has 4 rings (SSSR count). The number of fused-ring (bicyclic) bond motifs is 2. The standard InChI is InChI=1S/C19H19N5O4/c1-11(23(2)3)21-19(26)13-10-20-24-17(25)9-14(22-18(13)24)12-4-5-15-16(8-12)28-7-6-27-15/h4-5,8-10,22H,6-7H2,1-3H3/b21-11-. The molecule has 0 saturated heterocycles. The van der Waals surface area contributed by atoms with Gasteiger partial charge in [-0.05, 0) is 25.1 Å². The summed E-state index contributed by atoms with van der Waals surface area (Å²) in [5.74, 6) is 1.35. The number of benzene rings is 1. The molecule has 0 unspecified atom stereocenters. The summed E-state index contributed by atoms with van der Waals surface area (Å²) >= 11 is 0. The number of rotatable bonds is 2. The molecule has 0 spiro atoms. The molecule has 3 heterocycles. The molecule has 0 radical (unpaired) electrons. The minimum absolute atomic E-state index is 0.220. The van der Waals surface area contributed by atoms with Gasteiger partial charge < -0.3 is 19.4 Å². The molecule has 0 aliphatic carbocycles. The van der Waals surface area contributed by atoms with Crippen LogP contribution in [0.15, 0.2) is 40.2 Å². The van der Waals surface area contributed by atoms with E-state index in [1.165, 1.54) is 12.3 Å². The van der Waals surface area contributed by atoms with E-state index >= 15 is 0 Å². The van der Waals surface area contributed by atoms with Crippen LogP contribution >= 0.6 is 0 Å². The van der Waals surface area contributed by atoms with Crippen LogP contribution in [0.1, 0.15) is 17.3 Å². The van der Waals surface area contributed by atoms with Gasteiger partial charge in [0.25, 0.3) is 11.5 Å². The fourth-order valence-corrected chi connectivity index (χ4v) is 2.81. The van der Waals surface area contributed by atoms with E-state index < -0.39 is 5.91 Å². The molecular formula is C19H19N5O4. The predicted octanol–water partition coefficient (Wildman–Crippen LogP) is 1.58. The quantitative estimate of drug-likeness (QED) is 0.534. The molecule has 28 heavy (non-hydrogen) atoms. The van der Waals surface area contributed by atoms with Gasteiger partial charge in [0.05, 0.1) is 11.9 Å². The molecule has 1 aliphatic heterocycles. The van der Waals surface area contributed by atoms with Crippen molar-refractivity contribution in [2.45, 2.75) is 6.92 Å². The second-order valence-electron chi connectivity index (χ2n) is 6.56. The zero-order valence-electron chi connectivity index (χ0n) is 15.7. The van der Waals surface area contributed by atoms with Crippen molar-refractivity contribution in [1.82, 2.24) is 19.5 Å². The number of ether oxygens (including phenoxy) is 2. The van der Waals surface area contributed by atoms with Crippen LogP contribution < -0.4 is 15.0 Å². The Morgan fingerprint density at radius 1 is 1.21 bits per heavy atom. The van der Waals surface area contributed by atoms with Gasteiger partial charge in [-0.15, -0.1) is 0 Å². The van der Waals surface area contributed by atoms with Gasteiger partial charge in [-0.25, -0.2) is 0 Å². The average molecular weight is 381 g/mol. The summed E-state index contributed by atoms with van der Waals surface area (Å²) in [6.07, 6.45) is 1.34. The van der Waals surface area contributed by atoms with Crippen molar-refractivity contribution in [1.29, 1.82) is 0 Å². The summed E-state index contributed by atoms with van der Waals surface area (Å²) in [6.45, 7) is 2.70. The Labute approximate surface area is 160 Å². The third-order valence-corrected chi connectivity index (χ3v) is 4.49. The van der Waals surface area contributed by atoms with Crippen molar-refractivity contribution in [3.63, 3.8) is 0 Å². The smallest absolute Gasteiger partial charge is 0.284 e. The number of nitrogens with one attached hydrogen (secondary N) is 1. The summed E-state index contributed by atoms with van der Waals surface area (Å²) in [6, 6.07) is 6.83. The predicted molar refractivity (Wildman–Crippen MR) is 103 cm³/mol. The highest BCUT2D eigenvalue weighted by Gasteiger charge is 2.18. The summed E-state index contributed by atoms with van der Waals surface area (Å²) < 4.78 is 12.3. The highest BCUT2D eigenvalue weighted by atomic mass is 16.6. The lowest BCUT2D eigenvalue weighted by Gasteiger charge is -2.18. The van der Waals surface area contributed by atoms with E-state index in [9.17, 15) is 9.59 Å². The molecule has 0 fully saturated rings. The zero-order valence-corrected chi connectivity index (χ0v) is 15.7. The molecule has 3 aromatic rings. The van der Waals surface area contributed by atoms with Crippen LogP contribution in [-0.2, 0) is 0 Å². The van der Waals surface area contributed by atoms with Gasteiger partial charge >= 0.3 is 0 Å². The zero-order chi connectivity index (χ0) is 19.8. The normalized spacial score (nSPS) is 13.6. The average Bonchev–Trinajstić information content (AvgIpc) is 3.12. The number of amides is 1.